The van der Waals surface area contributed by atoms with Gasteiger partial charge in [0.2, 0.25) is 0 Å². The highest BCUT2D eigenvalue weighted by Gasteiger charge is 2.42. The first-order valence-corrected chi connectivity index (χ1v) is 4.04. The molecule has 1 saturated carbocycles. The van der Waals surface area contributed by atoms with Gasteiger partial charge in [-0.1, -0.05) is 5.47 Å². The van der Waals surface area contributed by atoms with Crippen LogP contribution in [0.1, 0.15) is 12.8 Å². The largest absolute Gasteiger partial charge is 0.390 e. The molecule has 0 atom stereocenters. The van der Waals surface area contributed by atoms with Crippen LogP contribution in [0.3, 0.4) is 0 Å². The Morgan fingerprint density at radius 3 is 2.83 bits per heavy atom. The van der Waals surface area contributed by atoms with Crippen molar-refractivity contribution < 1.29 is 0 Å². The number of nitrogens with one attached hydrogen (secondary N) is 2. The van der Waals surface area contributed by atoms with Crippen molar-refractivity contribution in [1.82, 2.24) is 5.32 Å². The molecule has 62 valence electrons. The van der Waals surface area contributed by atoms with E-state index in [0.717, 1.165) is 18.3 Å². The van der Waals surface area contributed by atoms with E-state index in [-0.39, 0.29) is 5.41 Å². The minimum Gasteiger partial charge on any atom is -0.390 e. The highest BCUT2D eigenvalue weighted by atomic mass is 14.9. The molecule has 0 heterocycles. The summed E-state index contributed by atoms with van der Waals surface area (Å²) in [4.78, 5) is 0. The summed E-state index contributed by atoms with van der Waals surface area (Å²) in [5.74, 6) is 0. The Labute approximate surface area is 73.4 Å². The first kappa shape index (κ1) is 8.86. The van der Waals surface area contributed by atoms with Crippen LogP contribution < -0.4 is 5.32 Å². The quantitative estimate of drug-likeness (QED) is 0.450. The molecule has 0 aromatic rings. The SMILES string of the molecule is B/C(C=N)=C/NCC1(C#N)CC1. The van der Waals surface area contributed by atoms with Gasteiger partial charge in [-0.3, -0.25) is 0 Å². The van der Waals surface area contributed by atoms with E-state index in [1.54, 1.807) is 6.20 Å². The number of rotatable bonds is 4. The molecule has 1 aliphatic rings. The van der Waals surface area contributed by atoms with Crippen LogP contribution in [0.4, 0.5) is 0 Å². The summed E-state index contributed by atoms with van der Waals surface area (Å²) in [7, 11) is 1.85. The fourth-order valence-electron chi connectivity index (χ4n) is 0.928. The van der Waals surface area contributed by atoms with Gasteiger partial charge in [-0.2, -0.15) is 5.26 Å². The normalized spacial score (nSPS) is 19.4. The molecule has 0 unspecified atom stereocenters. The van der Waals surface area contributed by atoms with Crippen LogP contribution in [0.15, 0.2) is 11.7 Å². The maximum absolute atomic E-state index is 8.72. The first-order valence-electron chi connectivity index (χ1n) is 4.04. The lowest BCUT2D eigenvalue weighted by Crippen LogP contribution is -2.18. The van der Waals surface area contributed by atoms with Gasteiger partial charge in [0.1, 0.15) is 7.85 Å². The van der Waals surface area contributed by atoms with Crippen molar-refractivity contribution in [1.29, 1.82) is 10.7 Å². The molecule has 0 spiro atoms. The Morgan fingerprint density at radius 1 is 1.75 bits per heavy atom. The maximum Gasteiger partial charge on any atom is 0.143 e. The average molecular weight is 161 g/mol. The molecule has 0 saturated heterocycles. The van der Waals surface area contributed by atoms with Gasteiger partial charge in [0, 0.05) is 12.8 Å². The molecule has 1 aliphatic carbocycles. The van der Waals surface area contributed by atoms with Gasteiger partial charge in [-0.05, 0) is 19.0 Å². The van der Waals surface area contributed by atoms with Crippen molar-refractivity contribution >= 4 is 14.1 Å². The van der Waals surface area contributed by atoms with Crippen LogP contribution in [0, 0.1) is 22.2 Å². The summed E-state index contributed by atoms with van der Waals surface area (Å²) in [6.07, 6.45) is 5.09. The van der Waals surface area contributed by atoms with Crippen LogP contribution in [0.2, 0.25) is 0 Å². The molecule has 0 bridgehead atoms. The second-order valence-corrected chi connectivity index (χ2v) is 3.31. The second kappa shape index (κ2) is 3.44. The third-order valence-corrected chi connectivity index (χ3v) is 2.09. The molecule has 1 fully saturated rings. The Morgan fingerprint density at radius 2 is 2.42 bits per heavy atom. The number of hydrogen-bond donors (Lipinski definition) is 2. The lowest BCUT2D eigenvalue weighted by Gasteiger charge is -2.04. The summed E-state index contributed by atoms with van der Waals surface area (Å²) in [6.45, 7) is 0.717. The molecule has 2 N–H and O–H groups in total. The summed E-state index contributed by atoms with van der Waals surface area (Å²) in [5, 5.41) is 18.7. The average Bonchev–Trinajstić information content (AvgIpc) is 2.85. The second-order valence-electron chi connectivity index (χ2n) is 3.31. The minimum absolute atomic E-state index is 0.0984. The monoisotopic (exact) mass is 161 g/mol. The Kier molecular flexibility index (Phi) is 2.54. The van der Waals surface area contributed by atoms with Crippen LogP contribution in [0.25, 0.3) is 0 Å². The Hall–Kier alpha value is -1.24. The lowest BCUT2D eigenvalue weighted by atomic mass is 9.98. The summed E-state index contributed by atoms with van der Waals surface area (Å²) in [5.41, 5.74) is 0.780. The van der Waals surface area contributed by atoms with Gasteiger partial charge in [0.15, 0.2) is 0 Å². The highest BCUT2D eigenvalue weighted by molar-refractivity contribution is 6.32. The van der Waals surface area contributed by atoms with E-state index in [9.17, 15) is 0 Å². The summed E-state index contributed by atoms with van der Waals surface area (Å²) >= 11 is 0. The van der Waals surface area contributed by atoms with Crippen LogP contribution in [-0.2, 0) is 0 Å². The Balaban J connectivity index is 2.28. The molecular formula is C8H12BN3. The molecule has 1 rings (SSSR count). The Bertz CT molecular complexity index is 248. The molecule has 0 aromatic carbocycles. The van der Waals surface area contributed by atoms with E-state index >= 15 is 0 Å². The van der Waals surface area contributed by atoms with E-state index in [1.165, 1.54) is 6.21 Å². The third-order valence-electron chi connectivity index (χ3n) is 2.09. The van der Waals surface area contributed by atoms with Gasteiger partial charge >= 0.3 is 0 Å². The van der Waals surface area contributed by atoms with E-state index in [2.05, 4.69) is 11.4 Å². The van der Waals surface area contributed by atoms with Gasteiger partial charge < -0.3 is 10.7 Å². The third kappa shape index (κ3) is 2.13. The van der Waals surface area contributed by atoms with Crippen molar-refractivity contribution in [2.24, 2.45) is 5.41 Å². The number of nitriles is 1. The molecule has 0 amide bonds. The molecule has 4 heteroatoms. The predicted molar refractivity (Wildman–Crippen MR) is 50.7 cm³/mol. The van der Waals surface area contributed by atoms with Gasteiger partial charge in [0.25, 0.3) is 0 Å². The van der Waals surface area contributed by atoms with Crippen LogP contribution in [0.5, 0.6) is 0 Å². The number of allylic oxidation sites excluding steroid dienone is 1. The fraction of sp³-hybridized carbons (Fsp3) is 0.500. The van der Waals surface area contributed by atoms with Gasteiger partial charge in [-0.15, -0.1) is 0 Å². The van der Waals surface area contributed by atoms with E-state index in [0.29, 0.717) is 6.54 Å². The smallest absolute Gasteiger partial charge is 0.143 e. The maximum atomic E-state index is 8.72. The molecule has 0 aliphatic heterocycles. The standard InChI is InChI=1S/C8H12BN3/c9-7(3-10)4-12-6-8(5-11)1-2-8/h3-4,10,12H,1-2,6,9H2/b7-4+,10-3?. The minimum atomic E-state index is -0.0984. The zero-order valence-corrected chi connectivity index (χ0v) is 7.22. The van der Waals surface area contributed by atoms with E-state index in [4.69, 9.17) is 10.7 Å². The topological polar surface area (TPSA) is 59.7 Å². The zero-order chi connectivity index (χ0) is 9.03. The fourth-order valence-corrected chi connectivity index (χ4v) is 0.928. The lowest BCUT2D eigenvalue weighted by molar-refractivity contribution is 0.623. The highest BCUT2D eigenvalue weighted by Crippen LogP contribution is 2.43. The van der Waals surface area contributed by atoms with E-state index in [1.807, 2.05) is 7.85 Å². The van der Waals surface area contributed by atoms with Crippen LogP contribution >= 0.6 is 0 Å². The van der Waals surface area contributed by atoms with Gasteiger partial charge in [-0.25, -0.2) is 0 Å². The van der Waals surface area contributed by atoms with Crippen molar-refractivity contribution in [3.63, 3.8) is 0 Å². The van der Waals surface area contributed by atoms with Crippen LogP contribution in [-0.4, -0.2) is 20.6 Å². The molecule has 0 aromatic heterocycles. The zero-order valence-electron chi connectivity index (χ0n) is 7.22. The number of hydrogen-bond acceptors (Lipinski definition) is 3. The molecular weight excluding hydrogens is 149 g/mol. The van der Waals surface area contributed by atoms with E-state index < -0.39 is 0 Å². The first-order chi connectivity index (χ1) is 5.72. The van der Waals surface area contributed by atoms with Crippen molar-refractivity contribution in [3.05, 3.63) is 11.7 Å². The predicted octanol–water partition coefficient (Wildman–Crippen LogP) is 0.00385. The van der Waals surface area contributed by atoms with Crippen molar-refractivity contribution in [2.75, 3.05) is 6.54 Å². The van der Waals surface area contributed by atoms with Gasteiger partial charge in [0.05, 0.1) is 11.5 Å². The number of nitrogens with zero attached hydrogens (tertiary/aromatic N) is 1. The van der Waals surface area contributed by atoms with Crippen molar-refractivity contribution in [3.8, 4) is 6.07 Å². The van der Waals surface area contributed by atoms with Crippen molar-refractivity contribution in [2.45, 2.75) is 12.8 Å². The molecule has 12 heavy (non-hydrogen) atoms. The molecule has 0 radical (unpaired) electrons. The summed E-state index contributed by atoms with van der Waals surface area (Å²) < 4.78 is 0. The summed E-state index contributed by atoms with van der Waals surface area (Å²) in [6, 6.07) is 2.30. The molecule has 3 nitrogen and oxygen atoms in total.